The average molecular weight is 295 g/mol. The molecule has 3 atom stereocenters. The molecule has 0 amide bonds. The summed E-state index contributed by atoms with van der Waals surface area (Å²) in [4.78, 5) is 11.4. The van der Waals surface area contributed by atoms with Crippen molar-refractivity contribution in [3.8, 4) is 0 Å². The third-order valence-corrected chi connectivity index (χ3v) is 5.46. The fourth-order valence-corrected chi connectivity index (χ4v) is 4.04. The normalized spacial score (nSPS) is 23.9. The topological polar surface area (TPSA) is 63.2 Å². The quantitative estimate of drug-likeness (QED) is 0.917. The van der Waals surface area contributed by atoms with E-state index in [9.17, 15) is 13.2 Å². The van der Waals surface area contributed by atoms with Gasteiger partial charge in [-0.25, -0.2) is 8.42 Å². The highest BCUT2D eigenvalue weighted by molar-refractivity contribution is 7.90. The number of benzene rings is 1. The summed E-state index contributed by atoms with van der Waals surface area (Å²) in [5.41, 5.74) is 1.96. The van der Waals surface area contributed by atoms with Crippen molar-refractivity contribution in [3.05, 3.63) is 35.4 Å². The fraction of sp³-hybridized carbons (Fsp3) is 0.533. The Morgan fingerprint density at radius 3 is 2.60 bits per heavy atom. The molecule has 0 heterocycles. The van der Waals surface area contributed by atoms with E-state index in [1.165, 1.54) is 6.26 Å². The number of rotatable bonds is 4. The molecule has 1 aliphatic carbocycles. The van der Waals surface area contributed by atoms with Crippen LogP contribution in [0.25, 0.3) is 0 Å². The number of fused-ring (bicyclic) bond motifs is 1. The van der Waals surface area contributed by atoms with Crippen LogP contribution in [0.5, 0.6) is 0 Å². The summed E-state index contributed by atoms with van der Waals surface area (Å²) in [6.07, 6.45) is 2.57. The third kappa shape index (κ3) is 3.27. The summed E-state index contributed by atoms with van der Waals surface area (Å²) in [5, 5.41) is 2.76. The molecule has 0 spiro atoms. The molecule has 20 heavy (non-hydrogen) atoms. The van der Waals surface area contributed by atoms with E-state index in [0.29, 0.717) is 6.42 Å². The van der Waals surface area contributed by atoms with E-state index in [0.717, 1.165) is 17.5 Å². The van der Waals surface area contributed by atoms with Gasteiger partial charge in [-0.2, -0.15) is 0 Å². The van der Waals surface area contributed by atoms with Crippen LogP contribution < -0.4 is 5.32 Å². The Morgan fingerprint density at radius 2 is 2.00 bits per heavy atom. The van der Waals surface area contributed by atoms with Crippen LogP contribution >= 0.6 is 0 Å². The molecule has 4 nitrogen and oxygen atoms in total. The molecule has 2 unspecified atom stereocenters. The van der Waals surface area contributed by atoms with Gasteiger partial charge in [-0.15, -0.1) is 0 Å². The third-order valence-electron chi connectivity index (χ3n) is 3.98. The molecule has 1 aromatic carbocycles. The SMILES string of the molecule is CC(=O)C(C)N[C@@H]1Cc2ccccc2C(S(C)(=O)=O)C1. The molecule has 0 aromatic heterocycles. The van der Waals surface area contributed by atoms with Crippen LogP contribution in [-0.4, -0.2) is 32.5 Å². The Kier molecular flexibility index (Phi) is 4.30. The lowest BCUT2D eigenvalue weighted by molar-refractivity contribution is -0.118. The van der Waals surface area contributed by atoms with Crippen LogP contribution in [0.2, 0.25) is 0 Å². The molecule has 0 saturated carbocycles. The van der Waals surface area contributed by atoms with Crippen LogP contribution in [0.4, 0.5) is 0 Å². The van der Waals surface area contributed by atoms with Gasteiger partial charge < -0.3 is 5.32 Å². The van der Waals surface area contributed by atoms with E-state index in [4.69, 9.17) is 0 Å². The summed E-state index contributed by atoms with van der Waals surface area (Å²) in [5.74, 6) is 0.0692. The maximum atomic E-state index is 12.0. The number of hydrogen-bond donors (Lipinski definition) is 1. The largest absolute Gasteiger partial charge is 0.305 e. The first-order valence-corrected chi connectivity index (χ1v) is 8.77. The maximum Gasteiger partial charge on any atom is 0.154 e. The summed E-state index contributed by atoms with van der Waals surface area (Å²) < 4.78 is 24.0. The monoisotopic (exact) mass is 295 g/mol. The molecule has 5 heteroatoms. The smallest absolute Gasteiger partial charge is 0.154 e. The molecule has 0 aliphatic heterocycles. The highest BCUT2D eigenvalue weighted by Gasteiger charge is 2.33. The highest BCUT2D eigenvalue weighted by Crippen LogP contribution is 2.35. The van der Waals surface area contributed by atoms with E-state index >= 15 is 0 Å². The molecule has 110 valence electrons. The van der Waals surface area contributed by atoms with E-state index in [1.807, 2.05) is 31.2 Å². The van der Waals surface area contributed by atoms with Gasteiger partial charge in [0.05, 0.1) is 11.3 Å². The zero-order valence-corrected chi connectivity index (χ0v) is 12.9. The standard InChI is InChI=1S/C15H21NO3S/c1-10(11(2)17)16-13-8-12-6-4-5-7-14(12)15(9-13)20(3,18)19/h4-7,10,13,15-16H,8-9H2,1-3H3/t10?,13-,15?/m1/s1. The first kappa shape index (κ1) is 15.2. The van der Waals surface area contributed by atoms with Crippen molar-refractivity contribution in [2.75, 3.05) is 6.26 Å². The van der Waals surface area contributed by atoms with Crippen molar-refractivity contribution in [1.29, 1.82) is 0 Å². The van der Waals surface area contributed by atoms with Crippen molar-refractivity contribution in [2.24, 2.45) is 0 Å². The second-order valence-corrected chi connectivity index (χ2v) is 7.88. The Balaban J connectivity index is 2.29. The molecule has 0 saturated heterocycles. The summed E-state index contributed by atoms with van der Waals surface area (Å²) in [6.45, 7) is 3.36. The summed E-state index contributed by atoms with van der Waals surface area (Å²) in [6, 6.07) is 7.44. The van der Waals surface area contributed by atoms with Crippen molar-refractivity contribution >= 4 is 15.6 Å². The van der Waals surface area contributed by atoms with Gasteiger partial charge in [0.15, 0.2) is 9.84 Å². The minimum absolute atomic E-state index is 0.0172. The molecule has 2 rings (SSSR count). The predicted octanol–water partition coefficient (Wildman–Crippen LogP) is 1.65. The Labute approximate surface area is 120 Å². The minimum atomic E-state index is -3.15. The van der Waals surface area contributed by atoms with Gasteiger partial charge in [-0.1, -0.05) is 24.3 Å². The van der Waals surface area contributed by atoms with Crippen molar-refractivity contribution in [1.82, 2.24) is 5.32 Å². The second kappa shape index (κ2) is 5.66. The van der Waals surface area contributed by atoms with Crippen LogP contribution in [0.3, 0.4) is 0 Å². The van der Waals surface area contributed by atoms with Crippen LogP contribution in [0.1, 0.15) is 36.6 Å². The fourth-order valence-electron chi connectivity index (χ4n) is 2.77. The lowest BCUT2D eigenvalue weighted by Crippen LogP contribution is -2.44. The van der Waals surface area contributed by atoms with E-state index in [-0.39, 0.29) is 17.9 Å². The zero-order chi connectivity index (χ0) is 14.9. The number of carbonyl (C=O) groups excluding carboxylic acids is 1. The molecule has 1 aromatic rings. The van der Waals surface area contributed by atoms with E-state index in [1.54, 1.807) is 6.92 Å². The zero-order valence-electron chi connectivity index (χ0n) is 12.1. The number of ketones is 1. The Bertz CT molecular complexity index is 609. The number of sulfone groups is 1. The molecular formula is C15H21NO3S. The molecule has 0 fully saturated rings. The first-order chi connectivity index (χ1) is 9.29. The van der Waals surface area contributed by atoms with E-state index in [2.05, 4.69) is 5.32 Å². The number of carbonyl (C=O) groups is 1. The number of hydrogen-bond acceptors (Lipinski definition) is 4. The van der Waals surface area contributed by atoms with Crippen molar-refractivity contribution < 1.29 is 13.2 Å². The van der Waals surface area contributed by atoms with Gasteiger partial charge >= 0.3 is 0 Å². The summed E-state index contributed by atoms with van der Waals surface area (Å²) >= 11 is 0. The van der Waals surface area contributed by atoms with Crippen molar-refractivity contribution in [2.45, 2.75) is 44.0 Å². The molecule has 1 aliphatic rings. The van der Waals surface area contributed by atoms with Crippen LogP contribution in [0, 0.1) is 0 Å². The van der Waals surface area contributed by atoms with Gasteiger partial charge in [0, 0.05) is 12.3 Å². The molecule has 0 bridgehead atoms. The van der Waals surface area contributed by atoms with Gasteiger partial charge in [-0.3, -0.25) is 4.79 Å². The van der Waals surface area contributed by atoms with Gasteiger partial charge in [0.1, 0.15) is 5.78 Å². The minimum Gasteiger partial charge on any atom is -0.305 e. The van der Waals surface area contributed by atoms with Gasteiger partial charge in [0.25, 0.3) is 0 Å². The average Bonchev–Trinajstić information content (AvgIpc) is 2.36. The predicted molar refractivity (Wildman–Crippen MR) is 79.4 cm³/mol. The highest BCUT2D eigenvalue weighted by atomic mass is 32.2. The Morgan fingerprint density at radius 1 is 1.35 bits per heavy atom. The number of nitrogens with one attached hydrogen (secondary N) is 1. The lowest BCUT2D eigenvalue weighted by Gasteiger charge is -2.32. The van der Waals surface area contributed by atoms with Gasteiger partial charge in [-0.05, 0) is 37.8 Å². The lowest BCUT2D eigenvalue weighted by atomic mass is 9.87. The van der Waals surface area contributed by atoms with E-state index < -0.39 is 15.1 Å². The van der Waals surface area contributed by atoms with Crippen molar-refractivity contribution in [3.63, 3.8) is 0 Å². The summed E-state index contributed by atoms with van der Waals surface area (Å²) in [7, 11) is -3.15. The molecular weight excluding hydrogens is 274 g/mol. The molecule has 0 radical (unpaired) electrons. The second-order valence-electron chi connectivity index (χ2n) is 5.65. The maximum absolute atomic E-state index is 12.0. The van der Waals surface area contributed by atoms with Crippen LogP contribution in [-0.2, 0) is 21.1 Å². The Hall–Kier alpha value is -1.20. The first-order valence-electron chi connectivity index (χ1n) is 6.82. The molecule has 1 N–H and O–H groups in total. The van der Waals surface area contributed by atoms with Crippen LogP contribution in [0.15, 0.2) is 24.3 Å². The van der Waals surface area contributed by atoms with Gasteiger partial charge in [0.2, 0.25) is 0 Å². The number of Topliss-reactive ketones (excluding diaryl/α,β-unsaturated/α-hetero) is 1.